The van der Waals surface area contributed by atoms with Crippen molar-refractivity contribution in [1.82, 2.24) is 4.98 Å². The first-order valence-corrected chi connectivity index (χ1v) is 8.82. The fourth-order valence-corrected chi connectivity index (χ4v) is 3.33. The highest BCUT2D eigenvalue weighted by Gasteiger charge is 2.17. The van der Waals surface area contributed by atoms with Gasteiger partial charge < -0.3 is 21.5 Å². The Morgan fingerprint density at radius 3 is 2.74 bits per heavy atom. The first-order chi connectivity index (χ1) is 13.0. The van der Waals surface area contributed by atoms with E-state index in [0.29, 0.717) is 28.4 Å². The minimum Gasteiger partial charge on any atom is -0.495 e. The number of pyridine rings is 1. The second-order valence-corrected chi connectivity index (χ2v) is 6.62. The lowest BCUT2D eigenvalue weighted by atomic mass is 10.0. The van der Waals surface area contributed by atoms with Crippen molar-refractivity contribution in [3.63, 3.8) is 0 Å². The lowest BCUT2D eigenvalue weighted by Gasteiger charge is -2.22. The number of para-hydroxylation sites is 1. The first kappa shape index (κ1) is 18.9. The predicted octanol–water partition coefficient (Wildman–Crippen LogP) is 3.42. The molecule has 3 rings (SSSR count). The molecule has 0 saturated carbocycles. The fraction of sp³-hybridized carbons (Fsp3) is 0.200. The Hall–Kier alpha value is -2.83. The molecular weight excluding hydrogens is 364 g/mol. The second-order valence-electron chi connectivity index (χ2n) is 6.21. The Kier molecular flexibility index (Phi) is 5.48. The number of amides is 1. The standard InChI is InChI=1S/C20H21ClN4O2/c1-11-10-24-19-13(4-3-5-14(19)20(23)26)18(11)25-16(9-22)12-6-7-17(27-2)15(21)8-12/h3-8,10,16H,9,22H2,1-2H3,(H2,23,26)(H,24,25)/t16-/m1/s1. The quantitative estimate of drug-likeness (QED) is 0.604. The van der Waals surface area contributed by atoms with Crippen molar-refractivity contribution >= 4 is 34.1 Å². The van der Waals surface area contributed by atoms with Crippen molar-refractivity contribution < 1.29 is 9.53 Å². The van der Waals surface area contributed by atoms with E-state index in [-0.39, 0.29) is 6.04 Å². The summed E-state index contributed by atoms with van der Waals surface area (Å²) in [5, 5.41) is 4.80. The number of nitrogens with two attached hydrogens (primary N) is 2. The molecule has 0 aliphatic heterocycles. The third kappa shape index (κ3) is 3.67. The number of ether oxygens (including phenoxy) is 1. The Balaban J connectivity index is 2.06. The molecule has 1 aromatic heterocycles. The summed E-state index contributed by atoms with van der Waals surface area (Å²) in [6.07, 6.45) is 1.71. The first-order valence-electron chi connectivity index (χ1n) is 8.44. The number of aromatic nitrogens is 1. The van der Waals surface area contributed by atoms with E-state index in [4.69, 9.17) is 27.8 Å². The molecule has 1 atom stereocenters. The number of fused-ring (bicyclic) bond motifs is 1. The van der Waals surface area contributed by atoms with Crippen molar-refractivity contribution in [2.24, 2.45) is 11.5 Å². The molecule has 5 N–H and O–H groups in total. The van der Waals surface area contributed by atoms with Gasteiger partial charge in [0, 0.05) is 23.8 Å². The van der Waals surface area contributed by atoms with Crippen LogP contribution < -0.4 is 21.5 Å². The van der Waals surface area contributed by atoms with Crippen LogP contribution in [0.3, 0.4) is 0 Å². The van der Waals surface area contributed by atoms with Crippen LogP contribution in [-0.2, 0) is 0 Å². The molecule has 0 saturated heterocycles. The Bertz CT molecular complexity index is 1010. The highest BCUT2D eigenvalue weighted by Crippen LogP contribution is 2.32. The molecule has 0 radical (unpaired) electrons. The highest BCUT2D eigenvalue weighted by molar-refractivity contribution is 6.32. The molecule has 0 aliphatic carbocycles. The molecule has 3 aromatic rings. The normalized spacial score (nSPS) is 12.0. The van der Waals surface area contributed by atoms with Crippen LogP contribution in [0.5, 0.6) is 5.75 Å². The average Bonchev–Trinajstić information content (AvgIpc) is 2.66. The number of halogens is 1. The number of primary amides is 1. The summed E-state index contributed by atoms with van der Waals surface area (Å²) < 4.78 is 5.21. The van der Waals surface area contributed by atoms with Crippen LogP contribution >= 0.6 is 11.6 Å². The minimum absolute atomic E-state index is 0.185. The van der Waals surface area contributed by atoms with Gasteiger partial charge in [0.15, 0.2) is 0 Å². The number of rotatable bonds is 6. The summed E-state index contributed by atoms with van der Waals surface area (Å²) in [6, 6.07) is 10.7. The highest BCUT2D eigenvalue weighted by atomic mass is 35.5. The minimum atomic E-state index is -0.514. The Morgan fingerprint density at radius 2 is 2.11 bits per heavy atom. The third-order valence-corrected chi connectivity index (χ3v) is 4.78. The van der Waals surface area contributed by atoms with E-state index in [2.05, 4.69) is 10.3 Å². The van der Waals surface area contributed by atoms with Crippen molar-refractivity contribution in [3.8, 4) is 5.75 Å². The van der Waals surface area contributed by atoms with Gasteiger partial charge in [-0.15, -0.1) is 0 Å². The molecule has 0 aliphatic rings. The molecule has 0 spiro atoms. The smallest absolute Gasteiger partial charge is 0.250 e. The molecule has 0 unspecified atom stereocenters. The number of carbonyl (C=O) groups excluding carboxylic acids is 1. The predicted molar refractivity (Wildman–Crippen MR) is 108 cm³/mol. The molecular formula is C20H21ClN4O2. The number of hydrogen-bond acceptors (Lipinski definition) is 5. The second kappa shape index (κ2) is 7.82. The van der Waals surface area contributed by atoms with E-state index < -0.39 is 5.91 Å². The van der Waals surface area contributed by atoms with E-state index in [9.17, 15) is 4.79 Å². The topological polar surface area (TPSA) is 103 Å². The van der Waals surface area contributed by atoms with Gasteiger partial charge in [0.25, 0.3) is 5.91 Å². The third-order valence-electron chi connectivity index (χ3n) is 4.48. The van der Waals surface area contributed by atoms with E-state index in [0.717, 1.165) is 22.2 Å². The SMILES string of the molecule is COc1ccc([C@@H](CN)Nc2c(C)cnc3c(C(N)=O)cccc23)cc1Cl. The van der Waals surface area contributed by atoms with Crippen LogP contribution in [0.25, 0.3) is 10.9 Å². The van der Waals surface area contributed by atoms with Crippen molar-refractivity contribution in [2.75, 3.05) is 19.0 Å². The van der Waals surface area contributed by atoms with Crippen LogP contribution in [-0.4, -0.2) is 24.5 Å². The maximum Gasteiger partial charge on any atom is 0.250 e. The van der Waals surface area contributed by atoms with Crippen LogP contribution in [0.2, 0.25) is 5.02 Å². The van der Waals surface area contributed by atoms with Crippen LogP contribution in [0.1, 0.15) is 27.5 Å². The van der Waals surface area contributed by atoms with E-state index in [1.54, 1.807) is 25.4 Å². The zero-order chi connectivity index (χ0) is 19.6. The average molecular weight is 385 g/mol. The van der Waals surface area contributed by atoms with Gasteiger partial charge in [-0.2, -0.15) is 0 Å². The van der Waals surface area contributed by atoms with Gasteiger partial charge in [0.1, 0.15) is 5.75 Å². The number of carbonyl (C=O) groups is 1. The summed E-state index contributed by atoms with van der Waals surface area (Å²) in [7, 11) is 1.57. The number of benzene rings is 2. The molecule has 7 heteroatoms. The molecule has 1 amide bonds. The Labute approximate surface area is 162 Å². The number of methoxy groups -OCH3 is 1. The van der Waals surface area contributed by atoms with Gasteiger partial charge in [-0.3, -0.25) is 9.78 Å². The van der Waals surface area contributed by atoms with Crippen LogP contribution in [0.15, 0.2) is 42.6 Å². The number of nitrogens with zero attached hydrogens (tertiary/aromatic N) is 1. The molecule has 0 fully saturated rings. The summed E-state index contributed by atoms with van der Waals surface area (Å²) in [6.45, 7) is 2.29. The van der Waals surface area contributed by atoms with E-state index in [1.807, 2.05) is 31.2 Å². The van der Waals surface area contributed by atoms with Gasteiger partial charge in [0.2, 0.25) is 0 Å². The number of anilines is 1. The van der Waals surface area contributed by atoms with Gasteiger partial charge >= 0.3 is 0 Å². The number of hydrogen-bond donors (Lipinski definition) is 3. The van der Waals surface area contributed by atoms with Gasteiger partial charge in [0.05, 0.1) is 29.3 Å². The van der Waals surface area contributed by atoms with E-state index >= 15 is 0 Å². The molecule has 27 heavy (non-hydrogen) atoms. The number of nitrogens with one attached hydrogen (secondary N) is 1. The maximum absolute atomic E-state index is 11.7. The van der Waals surface area contributed by atoms with Crippen LogP contribution in [0.4, 0.5) is 5.69 Å². The zero-order valence-corrected chi connectivity index (χ0v) is 15.9. The summed E-state index contributed by atoms with van der Waals surface area (Å²) in [5.41, 5.74) is 15.2. The lowest BCUT2D eigenvalue weighted by Crippen LogP contribution is -2.21. The van der Waals surface area contributed by atoms with Crippen molar-refractivity contribution in [2.45, 2.75) is 13.0 Å². The fourth-order valence-electron chi connectivity index (χ4n) is 3.07. The van der Waals surface area contributed by atoms with Crippen LogP contribution in [0, 0.1) is 6.92 Å². The zero-order valence-electron chi connectivity index (χ0n) is 15.1. The Morgan fingerprint density at radius 1 is 1.33 bits per heavy atom. The van der Waals surface area contributed by atoms with Gasteiger partial charge in [-0.05, 0) is 36.2 Å². The van der Waals surface area contributed by atoms with Gasteiger partial charge in [-0.1, -0.05) is 29.8 Å². The molecule has 0 bridgehead atoms. The summed E-state index contributed by atoms with van der Waals surface area (Å²) in [4.78, 5) is 16.1. The molecule has 1 heterocycles. The number of aryl methyl sites for hydroxylation is 1. The maximum atomic E-state index is 11.7. The van der Waals surface area contributed by atoms with E-state index in [1.165, 1.54) is 0 Å². The summed E-state index contributed by atoms with van der Waals surface area (Å²) >= 11 is 6.26. The molecule has 2 aromatic carbocycles. The van der Waals surface area contributed by atoms with Crippen molar-refractivity contribution in [1.29, 1.82) is 0 Å². The monoisotopic (exact) mass is 384 g/mol. The van der Waals surface area contributed by atoms with Crippen molar-refractivity contribution in [3.05, 3.63) is 64.3 Å². The molecule has 6 nitrogen and oxygen atoms in total. The largest absolute Gasteiger partial charge is 0.495 e. The molecule has 140 valence electrons. The summed E-state index contributed by atoms with van der Waals surface area (Å²) in [5.74, 6) is 0.0908. The van der Waals surface area contributed by atoms with Gasteiger partial charge in [-0.25, -0.2) is 0 Å². The lowest BCUT2D eigenvalue weighted by molar-refractivity contribution is 0.100.